The van der Waals surface area contributed by atoms with E-state index in [-0.39, 0.29) is 50.3 Å². The Kier molecular flexibility index (Phi) is 14.6. The molecule has 11 heteroatoms. The summed E-state index contributed by atoms with van der Waals surface area (Å²) in [6.45, 7) is 3.47. The van der Waals surface area contributed by atoms with E-state index in [1.54, 1.807) is 11.9 Å². The van der Waals surface area contributed by atoms with Gasteiger partial charge in [-0.2, -0.15) is 0 Å². The summed E-state index contributed by atoms with van der Waals surface area (Å²) >= 11 is 0. The topological polar surface area (TPSA) is 128 Å². The Morgan fingerprint density at radius 2 is 1.46 bits per heavy atom. The highest BCUT2D eigenvalue weighted by molar-refractivity contribution is 5.88. The first-order valence-corrected chi connectivity index (χ1v) is 9.07. The van der Waals surface area contributed by atoms with Crippen molar-refractivity contribution >= 4 is 17.6 Å². The van der Waals surface area contributed by atoms with Gasteiger partial charge in [0.2, 0.25) is 11.8 Å². The maximum atomic E-state index is 12.6. The molecule has 0 saturated carbocycles. The molecule has 0 heterocycles. The van der Waals surface area contributed by atoms with E-state index in [0.29, 0.717) is 32.7 Å². The number of nitrogens with zero attached hydrogens (tertiary/aromatic N) is 6. The summed E-state index contributed by atoms with van der Waals surface area (Å²) in [6.07, 6.45) is 0.633. The van der Waals surface area contributed by atoms with Crippen molar-refractivity contribution in [2.24, 2.45) is 5.11 Å². The summed E-state index contributed by atoms with van der Waals surface area (Å²) in [6, 6.07) is 0. The van der Waals surface area contributed by atoms with Crippen LogP contribution < -0.4 is 0 Å². The Labute approximate surface area is 166 Å². The third-order valence-corrected chi connectivity index (χ3v) is 3.84. The summed E-state index contributed by atoms with van der Waals surface area (Å²) in [7, 11) is 4.82. The molecule has 0 bridgehead atoms. The molecule has 0 aliphatic rings. The second-order valence-corrected chi connectivity index (χ2v) is 6.36. The van der Waals surface area contributed by atoms with E-state index in [2.05, 4.69) is 10.0 Å². The molecule has 2 amide bonds. The summed E-state index contributed by atoms with van der Waals surface area (Å²) in [4.78, 5) is 44.0. The van der Waals surface area contributed by atoms with Crippen LogP contribution in [0.2, 0.25) is 0 Å². The second kappa shape index (κ2) is 15.8. The highest BCUT2D eigenvalue weighted by Gasteiger charge is 2.22. The number of hydrogen-bond donors (Lipinski definition) is 0. The summed E-state index contributed by atoms with van der Waals surface area (Å²) < 4.78 is 10.0. The van der Waals surface area contributed by atoms with Crippen LogP contribution in [-0.2, 0) is 23.9 Å². The minimum atomic E-state index is -0.317. The van der Waals surface area contributed by atoms with Gasteiger partial charge in [0.15, 0.2) is 0 Å². The van der Waals surface area contributed by atoms with Crippen molar-refractivity contribution in [2.75, 3.05) is 80.3 Å². The number of Topliss-reactive ketones (excluding diaryl/α,β-unsaturated/α-hetero) is 1. The van der Waals surface area contributed by atoms with Crippen molar-refractivity contribution in [1.82, 2.24) is 14.7 Å². The molecule has 0 aliphatic heterocycles. The van der Waals surface area contributed by atoms with Gasteiger partial charge in [0, 0.05) is 38.8 Å². The number of amides is 2. The lowest BCUT2D eigenvalue weighted by Crippen LogP contribution is -2.48. The number of methoxy groups -OCH3 is 2. The van der Waals surface area contributed by atoms with Crippen LogP contribution in [-0.4, -0.2) is 113 Å². The summed E-state index contributed by atoms with van der Waals surface area (Å²) in [5, 5.41) is 3.46. The fraction of sp³-hybridized carbons (Fsp3) is 0.824. The van der Waals surface area contributed by atoms with E-state index in [1.807, 2.05) is 0 Å². The minimum Gasteiger partial charge on any atom is -0.383 e. The van der Waals surface area contributed by atoms with Crippen molar-refractivity contribution < 1.29 is 23.9 Å². The average molecular weight is 400 g/mol. The van der Waals surface area contributed by atoms with Gasteiger partial charge in [-0.15, -0.1) is 0 Å². The summed E-state index contributed by atoms with van der Waals surface area (Å²) in [5.41, 5.74) is 8.28. The second-order valence-electron chi connectivity index (χ2n) is 6.36. The molecule has 0 atom stereocenters. The zero-order valence-corrected chi connectivity index (χ0v) is 17.3. The van der Waals surface area contributed by atoms with Gasteiger partial charge >= 0.3 is 0 Å². The van der Waals surface area contributed by atoms with Crippen molar-refractivity contribution in [3.8, 4) is 0 Å². The SMILES string of the molecule is COCCN(CC(C)=O)C(=O)CN(CCOC)C(=O)CN(C)CCCN=[N+]=[N-]. The largest absolute Gasteiger partial charge is 0.383 e. The van der Waals surface area contributed by atoms with Crippen LogP contribution in [0.5, 0.6) is 0 Å². The zero-order valence-electron chi connectivity index (χ0n) is 17.3. The molecule has 0 rings (SSSR count). The maximum absolute atomic E-state index is 12.6. The molecule has 0 aliphatic carbocycles. The zero-order chi connectivity index (χ0) is 21.4. The van der Waals surface area contributed by atoms with Gasteiger partial charge in [0.1, 0.15) is 5.78 Å². The molecule has 0 unspecified atom stereocenters. The van der Waals surface area contributed by atoms with Gasteiger partial charge in [-0.1, -0.05) is 5.11 Å². The van der Waals surface area contributed by atoms with E-state index >= 15 is 0 Å². The average Bonchev–Trinajstić information content (AvgIpc) is 2.64. The van der Waals surface area contributed by atoms with Gasteiger partial charge in [0.25, 0.3) is 0 Å². The third kappa shape index (κ3) is 12.2. The lowest BCUT2D eigenvalue weighted by Gasteiger charge is -2.28. The maximum Gasteiger partial charge on any atom is 0.242 e. The van der Waals surface area contributed by atoms with E-state index < -0.39 is 0 Å². The van der Waals surface area contributed by atoms with Crippen LogP contribution >= 0.6 is 0 Å². The molecule has 11 nitrogen and oxygen atoms in total. The standard InChI is InChI=1S/C17H32N6O5/c1-15(24)12-22(8-10-27-3)17(26)14-23(9-11-28-4)16(25)13-21(2)7-5-6-19-20-18/h5-14H2,1-4H3. The Hall–Kier alpha value is -2.20. The van der Waals surface area contributed by atoms with E-state index in [9.17, 15) is 14.4 Å². The van der Waals surface area contributed by atoms with Gasteiger partial charge in [-0.25, -0.2) is 0 Å². The minimum absolute atomic E-state index is 0.0200. The number of ketones is 1. The van der Waals surface area contributed by atoms with Crippen molar-refractivity contribution in [1.29, 1.82) is 0 Å². The molecule has 0 fully saturated rings. The smallest absolute Gasteiger partial charge is 0.242 e. The van der Waals surface area contributed by atoms with Crippen molar-refractivity contribution in [3.05, 3.63) is 10.4 Å². The number of likely N-dealkylation sites (N-methyl/N-ethyl adjacent to an activating group) is 1. The van der Waals surface area contributed by atoms with Crippen LogP contribution in [0.15, 0.2) is 5.11 Å². The number of azide groups is 1. The molecule has 0 saturated heterocycles. The van der Waals surface area contributed by atoms with Gasteiger partial charge in [0.05, 0.1) is 32.8 Å². The fourth-order valence-corrected chi connectivity index (χ4v) is 2.38. The van der Waals surface area contributed by atoms with Crippen LogP contribution in [0.1, 0.15) is 13.3 Å². The normalized spacial score (nSPS) is 10.5. The van der Waals surface area contributed by atoms with Crippen LogP contribution in [0.25, 0.3) is 10.4 Å². The van der Waals surface area contributed by atoms with Crippen molar-refractivity contribution in [2.45, 2.75) is 13.3 Å². The van der Waals surface area contributed by atoms with Gasteiger partial charge in [-0.3, -0.25) is 19.3 Å². The Balaban J connectivity index is 4.86. The van der Waals surface area contributed by atoms with E-state index in [4.69, 9.17) is 15.0 Å². The predicted octanol–water partition coefficient (Wildman–Crippen LogP) is 0.158. The number of ether oxygens (including phenoxy) is 2. The third-order valence-electron chi connectivity index (χ3n) is 3.84. The first-order chi connectivity index (χ1) is 13.3. The van der Waals surface area contributed by atoms with Crippen LogP contribution in [0, 0.1) is 0 Å². The first-order valence-electron chi connectivity index (χ1n) is 9.07. The van der Waals surface area contributed by atoms with Crippen molar-refractivity contribution in [3.63, 3.8) is 0 Å². The Bertz CT molecular complexity index is 538. The molecule has 0 radical (unpaired) electrons. The van der Waals surface area contributed by atoms with E-state index in [1.165, 1.54) is 30.9 Å². The first kappa shape index (κ1) is 25.8. The van der Waals surface area contributed by atoms with Gasteiger partial charge < -0.3 is 19.3 Å². The molecule has 160 valence electrons. The Morgan fingerprint density at radius 1 is 0.929 bits per heavy atom. The monoisotopic (exact) mass is 400 g/mol. The summed E-state index contributed by atoms with van der Waals surface area (Å²) in [5.74, 6) is -0.673. The molecule has 0 aromatic carbocycles. The molecule has 28 heavy (non-hydrogen) atoms. The number of hydrogen-bond acceptors (Lipinski definition) is 7. The molecule has 0 aromatic rings. The van der Waals surface area contributed by atoms with Crippen LogP contribution in [0.4, 0.5) is 0 Å². The quantitative estimate of drug-likeness (QED) is 0.157. The highest BCUT2D eigenvalue weighted by atomic mass is 16.5. The lowest BCUT2D eigenvalue weighted by atomic mass is 10.3. The van der Waals surface area contributed by atoms with Gasteiger partial charge in [-0.05, 0) is 32.5 Å². The molecular weight excluding hydrogens is 368 g/mol. The van der Waals surface area contributed by atoms with Crippen LogP contribution in [0.3, 0.4) is 0 Å². The van der Waals surface area contributed by atoms with E-state index in [0.717, 1.165) is 0 Å². The number of carbonyl (C=O) groups excluding carboxylic acids is 3. The highest BCUT2D eigenvalue weighted by Crippen LogP contribution is 2.00. The molecule has 0 spiro atoms. The molecule has 0 aromatic heterocycles. The Morgan fingerprint density at radius 3 is 1.96 bits per heavy atom. The molecular formula is C17H32N6O5. The molecule has 0 N–H and O–H groups in total. The number of carbonyl (C=O) groups is 3. The predicted molar refractivity (Wildman–Crippen MR) is 104 cm³/mol. The fourth-order valence-electron chi connectivity index (χ4n) is 2.38. The number of rotatable bonds is 16. The lowest BCUT2D eigenvalue weighted by molar-refractivity contribution is -0.143.